The average molecular weight is 445 g/mol. The molecule has 2 atom stereocenters. The maximum absolute atomic E-state index is 12.6. The molecule has 2 aliphatic heterocycles. The van der Waals surface area contributed by atoms with Crippen LogP contribution >= 0.6 is 11.8 Å². The smallest absolute Gasteiger partial charge is 0.248 e. The summed E-state index contributed by atoms with van der Waals surface area (Å²) in [5.41, 5.74) is 1.92. The van der Waals surface area contributed by atoms with Crippen LogP contribution < -0.4 is 9.64 Å². The van der Waals surface area contributed by atoms with Crippen molar-refractivity contribution in [1.29, 1.82) is 0 Å². The number of anilines is 1. The molecule has 4 rings (SSSR count). The van der Waals surface area contributed by atoms with Crippen LogP contribution in [0, 0.1) is 0 Å². The normalized spacial score (nSPS) is 23.5. The topological polar surface area (TPSA) is 76.0 Å². The molecule has 0 saturated carbocycles. The van der Waals surface area contributed by atoms with Crippen molar-refractivity contribution in [3.8, 4) is 5.75 Å². The number of fused-ring (bicyclic) bond motifs is 1. The number of ether oxygens (including phenoxy) is 1. The van der Waals surface area contributed by atoms with Crippen LogP contribution in [0.25, 0.3) is 0 Å². The maximum atomic E-state index is 12.6. The first-order valence-electron chi connectivity index (χ1n) is 10.00. The quantitative estimate of drug-likeness (QED) is 0.680. The number of carbonyl (C=O) groups is 1. The molecule has 2 unspecified atom stereocenters. The van der Waals surface area contributed by atoms with Crippen LogP contribution in [-0.2, 0) is 21.1 Å². The minimum Gasteiger partial charge on any atom is -0.494 e. The summed E-state index contributed by atoms with van der Waals surface area (Å²) < 4.78 is 29.9. The van der Waals surface area contributed by atoms with E-state index in [1.54, 1.807) is 0 Å². The first kappa shape index (κ1) is 20.9. The number of thioether (sulfide) groups is 1. The summed E-state index contributed by atoms with van der Waals surface area (Å²) in [5.74, 6) is 0.753. The number of hydrogen-bond acceptors (Lipinski definition) is 5. The lowest BCUT2D eigenvalue weighted by Crippen LogP contribution is -2.37. The predicted molar refractivity (Wildman–Crippen MR) is 121 cm³/mol. The number of rotatable bonds is 6. The molecule has 0 spiro atoms. The van der Waals surface area contributed by atoms with Crippen LogP contribution in [0.5, 0.6) is 5.75 Å². The largest absolute Gasteiger partial charge is 0.494 e. The van der Waals surface area contributed by atoms with E-state index in [0.29, 0.717) is 24.6 Å². The van der Waals surface area contributed by atoms with E-state index in [4.69, 9.17) is 4.74 Å². The summed E-state index contributed by atoms with van der Waals surface area (Å²) >= 11 is 1.40. The van der Waals surface area contributed by atoms with Gasteiger partial charge in [-0.15, -0.1) is 0 Å². The van der Waals surface area contributed by atoms with Gasteiger partial charge >= 0.3 is 0 Å². The number of aryl methyl sites for hydroxylation is 1. The van der Waals surface area contributed by atoms with Gasteiger partial charge in [-0.2, -0.15) is 4.99 Å². The van der Waals surface area contributed by atoms with Crippen molar-refractivity contribution >= 4 is 38.4 Å². The Balaban J connectivity index is 1.56. The van der Waals surface area contributed by atoms with Gasteiger partial charge in [-0.25, -0.2) is 8.42 Å². The van der Waals surface area contributed by atoms with Gasteiger partial charge in [0.1, 0.15) is 5.75 Å². The molecule has 6 nitrogen and oxygen atoms in total. The Morgan fingerprint density at radius 3 is 2.57 bits per heavy atom. The van der Waals surface area contributed by atoms with Crippen molar-refractivity contribution in [2.45, 2.75) is 31.1 Å². The number of benzene rings is 2. The summed E-state index contributed by atoms with van der Waals surface area (Å²) in [6.45, 7) is 2.50. The van der Waals surface area contributed by atoms with Gasteiger partial charge in [-0.1, -0.05) is 42.1 Å². The Morgan fingerprint density at radius 1 is 1.13 bits per heavy atom. The molecule has 0 aliphatic carbocycles. The lowest BCUT2D eigenvalue weighted by molar-refractivity contribution is -0.117. The summed E-state index contributed by atoms with van der Waals surface area (Å²) in [6.07, 6.45) is 0.949. The molecule has 2 fully saturated rings. The maximum Gasteiger partial charge on any atom is 0.248 e. The molecule has 1 amide bonds. The predicted octanol–water partition coefficient (Wildman–Crippen LogP) is 3.32. The van der Waals surface area contributed by atoms with Crippen molar-refractivity contribution in [3.63, 3.8) is 0 Å². The van der Waals surface area contributed by atoms with E-state index < -0.39 is 9.84 Å². The second kappa shape index (κ2) is 8.81. The standard InChI is InChI=1S/C22H24N2O4S2/c1-2-28-18-11-9-17(10-12-18)24-19-14-30(26,27)15-20(19)29-22(24)23-21(25)13-8-16-6-4-3-5-7-16/h3-7,9-12,19-20H,2,8,13-15H2,1H3. The van der Waals surface area contributed by atoms with Crippen molar-refractivity contribution in [2.75, 3.05) is 23.0 Å². The molecule has 2 saturated heterocycles. The fourth-order valence-corrected chi connectivity index (χ4v) is 7.73. The highest BCUT2D eigenvalue weighted by Crippen LogP contribution is 2.41. The number of hydrogen-bond donors (Lipinski definition) is 0. The first-order chi connectivity index (χ1) is 14.4. The van der Waals surface area contributed by atoms with Crippen LogP contribution in [0.1, 0.15) is 18.9 Å². The van der Waals surface area contributed by atoms with Crippen molar-refractivity contribution in [2.24, 2.45) is 4.99 Å². The lowest BCUT2D eigenvalue weighted by Gasteiger charge is -2.24. The average Bonchev–Trinajstić information content (AvgIpc) is 3.19. The molecular weight excluding hydrogens is 420 g/mol. The Bertz CT molecular complexity index is 1040. The van der Waals surface area contributed by atoms with E-state index >= 15 is 0 Å². The van der Waals surface area contributed by atoms with Crippen LogP contribution in [0.2, 0.25) is 0 Å². The third-order valence-electron chi connectivity index (χ3n) is 5.18. The van der Waals surface area contributed by atoms with Crippen LogP contribution in [-0.4, -0.2) is 48.9 Å². The number of sulfone groups is 1. The van der Waals surface area contributed by atoms with Crippen molar-refractivity contribution in [3.05, 3.63) is 60.2 Å². The van der Waals surface area contributed by atoms with Gasteiger partial charge in [0.2, 0.25) is 5.91 Å². The van der Waals surface area contributed by atoms with Crippen LogP contribution in [0.4, 0.5) is 5.69 Å². The summed E-state index contributed by atoms with van der Waals surface area (Å²) in [5, 5.41) is 0.476. The minimum atomic E-state index is -3.09. The Labute approximate surface area is 181 Å². The Kier molecular flexibility index (Phi) is 6.15. The van der Waals surface area contributed by atoms with E-state index in [0.717, 1.165) is 17.0 Å². The van der Waals surface area contributed by atoms with Gasteiger partial charge < -0.3 is 9.64 Å². The highest BCUT2D eigenvalue weighted by molar-refractivity contribution is 8.16. The zero-order valence-electron chi connectivity index (χ0n) is 16.7. The fourth-order valence-electron chi connectivity index (χ4n) is 3.79. The van der Waals surface area contributed by atoms with Crippen molar-refractivity contribution < 1.29 is 17.9 Å². The molecule has 2 aromatic rings. The molecule has 2 aromatic carbocycles. The van der Waals surface area contributed by atoms with E-state index in [-0.39, 0.29) is 28.7 Å². The van der Waals surface area contributed by atoms with Gasteiger partial charge in [0.05, 0.1) is 24.2 Å². The van der Waals surface area contributed by atoms with E-state index in [2.05, 4.69) is 4.99 Å². The molecule has 30 heavy (non-hydrogen) atoms. The monoisotopic (exact) mass is 444 g/mol. The lowest BCUT2D eigenvalue weighted by atomic mass is 10.1. The number of amides is 1. The van der Waals surface area contributed by atoms with Gasteiger partial charge in [0.25, 0.3) is 0 Å². The highest BCUT2D eigenvalue weighted by Gasteiger charge is 2.49. The zero-order valence-corrected chi connectivity index (χ0v) is 18.4. The molecule has 2 aliphatic rings. The van der Waals surface area contributed by atoms with E-state index in [1.165, 1.54) is 11.8 Å². The van der Waals surface area contributed by atoms with E-state index in [9.17, 15) is 13.2 Å². The number of aliphatic imine (C=N–C) groups is 1. The van der Waals surface area contributed by atoms with Gasteiger partial charge in [0, 0.05) is 17.4 Å². The minimum absolute atomic E-state index is 0.0785. The molecule has 0 aromatic heterocycles. The fraction of sp³-hybridized carbons (Fsp3) is 0.364. The van der Waals surface area contributed by atoms with E-state index in [1.807, 2.05) is 66.4 Å². The number of amidine groups is 1. The van der Waals surface area contributed by atoms with Gasteiger partial charge in [-0.3, -0.25) is 4.79 Å². The summed E-state index contributed by atoms with van der Waals surface area (Å²) in [4.78, 5) is 18.9. The molecule has 158 valence electrons. The molecule has 0 radical (unpaired) electrons. The first-order valence-corrected chi connectivity index (χ1v) is 12.7. The molecule has 0 N–H and O–H groups in total. The van der Waals surface area contributed by atoms with Crippen molar-refractivity contribution in [1.82, 2.24) is 0 Å². The Morgan fingerprint density at radius 2 is 1.87 bits per heavy atom. The number of carbonyl (C=O) groups excluding carboxylic acids is 1. The number of nitrogens with zero attached hydrogens (tertiary/aromatic N) is 2. The molecule has 2 heterocycles. The SMILES string of the molecule is CCOc1ccc(N2C(=NC(=O)CCc3ccccc3)SC3CS(=O)(=O)CC32)cc1. The third-order valence-corrected chi connectivity index (χ3v) is 8.39. The summed E-state index contributed by atoms with van der Waals surface area (Å²) in [6, 6.07) is 17.1. The van der Waals surface area contributed by atoms with Crippen LogP contribution in [0.3, 0.4) is 0 Å². The second-order valence-corrected chi connectivity index (χ2v) is 10.7. The van der Waals surface area contributed by atoms with Crippen LogP contribution in [0.15, 0.2) is 59.6 Å². The molecule has 0 bridgehead atoms. The van der Waals surface area contributed by atoms with Gasteiger partial charge in [-0.05, 0) is 43.2 Å². The second-order valence-electron chi connectivity index (χ2n) is 7.37. The summed E-state index contributed by atoms with van der Waals surface area (Å²) in [7, 11) is -3.09. The molecule has 8 heteroatoms. The molecular formula is C22H24N2O4S2. The highest BCUT2D eigenvalue weighted by atomic mass is 32.2. The third kappa shape index (κ3) is 4.70. The Hall–Kier alpha value is -2.32. The van der Waals surface area contributed by atoms with Gasteiger partial charge in [0.15, 0.2) is 15.0 Å². The zero-order chi connectivity index (χ0) is 21.1.